The molecule has 0 radical (unpaired) electrons. The number of carbonyl (C=O) groups is 1. The Bertz CT molecular complexity index is 896. The summed E-state index contributed by atoms with van der Waals surface area (Å²) in [4.78, 5) is 22.6. The van der Waals surface area contributed by atoms with Crippen LogP contribution in [0.2, 0.25) is 0 Å². The highest BCUT2D eigenvalue weighted by Gasteiger charge is 2.19. The van der Waals surface area contributed by atoms with Crippen molar-refractivity contribution in [2.75, 3.05) is 11.9 Å². The van der Waals surface area contributed by atoms with Crippen molar-refractivity contribution >= 4 is 11.6 Å². The summed E-state index contributed by atoms with van der Waals surface area (Å²) in [5.74, 6) is -0.239. The lowest BCUT2D eigenvalue weighted by Crippen LogP contribution is -2.19. The number of aromatic nitrogens is 2. The van der Waals surface area contributed by atoms with E-state index in [1.54, 1.807) is 6.20 Å². The third-order valence-corrected chi connectivity index (χ3v) is 4.61. The van der Waals surface area contributed by atoms with Crippen molar-refractivity contribution in [1.82, 2.24) is 14.9 Å². The Balaban J connectivity index is 1.38. The van der Waals surface area contributed by atoms with Gasteiger partial charge in [0.05, 0.1) is 6.20 Å². The largest absolute Gasteiger partial charge is 0.321 e. The zero-order chi connectivity index (χ0) is 17.8. The molecule has 4 rings (SSSR count). The number of anilines is 1. The van der Waals surface area contributed by atoms with Crippen molar-refractivity contribution in [2.45, 2.75) is 19.5 Å². The number of rotatable bonds is 5. The third-order valence-electron chi connectivity index (χ3n) is 4.61. The lowest BCUT2D eigenvalue weighted by atomic mass is 10.1. The number of fused-ring (bicyclic) bond motifs is 1. The third kappa shape index (κ3) is 3.78. The van der Waals surface area contributed by atoms with Gasteiger partial charge in [-0.2, -0.15) is 0 Å². The predicted octanol–water partition coefficient (Wildman–Crippen LogP) is 3.29. The molecule has 1 aliphatic heterocycles. The van der Waals surface area contributed by atoms with Gasteiger partial charge in [-0.3, -0.25) is 14.7 Å². The molecule has 5 heteroatoms. The molecule has 0 fully saturated rings. The van der Waals surface area contributed by atoms with Crippen LogP contribution in [0.15, 0.2) is 67.1 Å². The predicted molar refractivity (Wildman–Crippen MR) is 101 cm³/mol. The molecule has 1 amide bonds. The lowest BCUT2D eigenvalue weighted by Gasteiger charge is -2.14. The Morgan fingerprint density at radius 1 is 1.04 bits per heavy atom. The topological polar surface area (TPSA) is 58.1 Å². The number of nitrogens with one attached hydrogen (secondary N) is 1. The fourth-order valence-corrected chi connectivity index (χ4v) is 3.24. The summed E-state index contributed by atoms with van der Waals surface area (Å²) in [5.41, 5.74) is 5.08. The van der Waals surface area contributed by atoms with Crippen molar-refractivity contribution in [3.63, 3.8) is 0 Å². The molecule has 0 spiro atoms. The van der Waals surface area contributed by atoms with E-state index in [0.717, 1.165) is 31.7 Å². The molecule has 0 atom stereocenters. The van der Waals surface area contributed by atoms with Gasteiger partial charge in [-0.05, 0) is 35.2 Å². The fraction of sp³-hybridized carbons (Fsp3) is 0.190. The molecule has 0 saturated heterocycles. The SMILES string of the molecule is O=C(Nc1ccc2c(c1)CN(CCc1ccccc1)C2)c1cnccn1. The first-order valence-electron chi connectivity index (χ1n) is 8.73. The maximum absolute atomic E-state index is 12.2. The molecule has 2 heterocycles. The first-order valence-corrected chi connectivity index (χ1v) is 8.73. The Labute approximate surface area is 152 Å². The van der Waals surface area contributed by atoms with Crippen LogP contribution in [-0.2, 0) is 19.5 Å². The van der Waals surface area contributed by atoms with Crippen LogP contribution in [0.4, 0.5) is 5.69 Å². The summed E-state index contributed by atoms with van der Waals surface area (Å²) >= 11 is 0. The van der Waals surface area contributed by atoms with Crippen molar-refractivity contribution in [1.29, 1.82) is 0 Å². The molecule has 1 N–H and O–H groups in total. The summed E-state index contributed by atoms with van der Waals surface area (Å²) < 4.78 is 0. The van der Waals surface area contributed by atoms with Crippen LogP contribution >= 0.6 is 0 Å². The number of carbonyl (C=O) groups excluding carboxylic acids is 1. The minimum absolute atomic E-state index is 0.239. The second-order valence-corrected chi connectivity index (χ2v) is 6.47. The molecule has 0 aliphatic carbocycles. The van der Waals surface area contributed by atoms with Crippen molar-refractivity contribution in [2.24, 2.45) is 0 Å². The van der Waals surface area contributed by atoms with Gasteiger partial charge in [0.1, 0.15) is 5.69 Å². The first kappa shape index (κ1) is 16.4. The number of hydrogen-bond acceptors (Lipinski definition) is 4. The van der Waals surface area contributed by atoms with Crippen LogP contribution in [0.25, 0.3) is 0 Å². The van der Waals surface area contributed by atoms with Crippen molar-refractivity contribution in [3.05, 3.63) is 89.5 Å². The summed E-state index contributed by atoms with van der Waals surface area (Å²) in [5, 5.41) is 2.90. The molecule has 0 saturated carbocycles. The van der Waals surface area contributed by atoms with Gasteiger partial charge in [0.2, 0.25) is 0 Å². The number of hydrogen-bond donors (Lipinski definition) is 1. The van der Waals surface area contributed by atoms with E-state index in [4.69, 9.17) is 0 Å². The zero-order valence-electron chi connectivity index (χ0n) is 14.4. The summed E-state index contributed by atoms with van der Waals surface area (Å²) in [6, 6.07) is 16.7. The van der Waals surface area contributed by atoms with Crippen LogP contribution in [-0.4, -0.2) is 27.3 Å². The summed E-state index contributed by atoms with van der Waals surface area (Å²) in [7, 11) is 0. The van der Waals surface area contributed by atoms with Gasteiger partial charge in [0.25, 0.3) is 5.91 Å². The number of amides is 1. The standard InChI is InChI=1S/C21H20N4O/c26-21(20-13-22-9-10-23-20)24-19-7-6-17-14-25(15-18(17)12-19)11-8-16-4-2-1-3-5-16/h1-7,9-10,12-13H,8,11,14-15H2,(H,24,26). The first-order chi connectivity index (χ1) is 12.8. The quantitative estimate of drug-likeness (QED) is 0.772. The molecule has 0 unspecified atom stereocenters. The molecule has 0 bridgehead atoms. The highest BCUT2D eigenvalue weighted by Crippen LogP contribution is 2.26. The van der Waals surface area contributed by atoms with E-state index in [-0.39, 0.29) is 5.91 Å². The van der Waals surface area contributed by atoms with E-state index < -0.39 is 0 Å². The van der Waals surface area contributed by atoms with Gasteiger partial charge in [-0.15, -0.1) is 0 Å². The van der Waals surface area contributed by atoms with Gasteiger partial charge < -0.3 is 5.32 Å². The van der Waals surface area contributed by atoms with Crippen molar-refractivity contribution in [3.8, 4) is 0 Å². The second-order valence-electron chi connectivity index (χ2n) is 6.47. The zero-order valence-corrected chi connectivity index (χ0v) is 14.4. The van der Waals surface area contributed by atoms with Crippen LogP contribution in [0.1, 0.15) is 27.2 Å². The maximum Gasteiger partial charge on any atom is 0.275 e. The summed E-state index contributed by atoms with van der Waals surface area (Å²) in [6.07, 6.45) is 5.58. The van der Waals surface area contributed by atoms with E-state index in [0.29, 0.717) is 5.69 Å². The molecule has 26 heavy (non-hydrogen) atoms. The van der Waals surface area contributed by atoms with Crippen LogP contribution in [0.3, 0.4) is 0 Å². The normalized spacial score (nSPS) is 13.4. The molecular weight excluding hydrogens is 324 g/mol. The fourth-order valence-electron chi connectivity index (χ4n) is 3.24. The molecular formula is C21H20N4O. The van der Waals surface area contributed by atoms with Gasteiger partial charge >= 0.3 is 0 Å². The van der Waals surface area contributed by atoms with Gasteiger partial charge in [0.15, 0.2) is 0 Å². The van der Waals surface area contributed by atoms with E-state index in [1.807, 2.05) is 12.1 Å². The van der Waals surface area contributed by atoms with Crippen LogP contribution in [0, 0.1) is 0 Å². The van der Waals surface area contributed by atoms with E-state index in [1.165, 1.54) is 29.1 Å². The minimum Gasteiger partial charge on any atom is -0.321 e. The average Bonchev–Trinajstić information content (AvgIpc) is 3.10. The minimum atomic E-state index is -0.239. The molecule has 5 nitrogen and oxygen atoms in total. The molecule has 1 aliphatic rings. The van der Waals surface area contributed by atoms with E-state index in [2.05, 4.69) is 56.6 Å². The molecule has 3 aromatic rings. The van der Waals surface area contributed by atoms with Gasteiger partial charge in [-0.1, -0.05) is 36.4 Å². The molecule has 1 aromatic heterocycles. The average molecular weight is 344 g/mol. The van der Waals surface area contributed by atoms with Crippen molar-refractivity contribution < 1.29 is 4.79 Å². The highest BCUT2D eigenvalue weighted by molar-refractivity contribution is 6.02. The Morgan fingerprint density at radius 2 is 1.88 bits per heavy atom. The van der Waals surface area contributed by atoms with E-state index in [9.17, 15) is 4.79 Å². The molecule has 130 valence electrons. The number of nitrogens with zero attached hydrogens (tertiary/aromatic N) is 3. The monoisotopic (exact) mass is 344 g/mol. The van der Waals surface area contributed by atoms with Gasteiger partial charge in [-0.25, -0.2) is 4.98 Å². The van der Waals surface area contributed by atoms with Crippen LogP contribution in [0.5, 0.6) is 0 Å². The Hall–Kier alpha value is -3.05. The maximum atomic E-state index is 12.2. The lowest BCUT2D eigenvalue weighted by molar-refractivity contribution is 0.102. The molecule has 2 aromatic carbocycles. The van der Waals surface area contributed by atoms with Crippen LogP contribution < -0.4 is 5.32 Å². The van der Waals surface area contributed by atoms with Gasteiger partial charge in [0, 0.05) is 37.7 Å². The highest BCUT2D eigenvalue weighted by atomic mass is 16.1. The summed E-state index contributed by atoms with van der Waals surface area (Å²) in [6.45, 7) is 2.90. The Kier molecular flexibility index (Phi) is 4.71. The second kappa shape index (κ2) is 7.45. The Morgan fingerprint density at radius 3 is 2.69 bits per heavy atom. The number of benzene rings is 2. The van der Waals surface area contributed by atoms with E-state index >= 15 is 0 Å². The smallest absolute Gasteiger partial charge is 0.275 e.